The lowest BCUT2D eigenvalue weighted by Crippen LogP contribution is -2.36. The largest absolute Gasteiger partial charge is 0.496 e. The van der Waals surface area contributed by atoms with Crippen LogP contribution in [0.1, 0.15) is 30.5 Å². The first-order chi connectivity index (χ1) is 13.4. The molecular weight excluding hydrogens is 352 g/mol. The van der Waals surface area contributed by atoms with Gasteiger partial charge in [0, 0.05) is 37.3 Å². The van der Waals surface area contributed by atoms with E-state index in [1.165, 1.54) is 0 Å². The van der Waals surface area contributed by atoms with Crippen LogP contribution in [-0.4, -0.2) is 26.0 Å². The van der Waals surface area contributed by atoms with E-state index in [-0.39, 0.29) is 11.8 Å². The van der Waals surface area contributed by atoms with E-state index in [4.69, 9.17) is 4.74 Å². The van der Waals surface area contributed by atoms with Crippen molar-refractivity contribution < 1.29 is 9.53 Å². The van der Waals surface area contributed by atoms with Crippen molar-refractivity contribution in [3.8, 4) is 5.75 Å². The lowest BCUT2D eigenvalue weighted by molar-refractivity contribution is -0.118. The summed E-state index contributed by atoms with van der Waals surface area (Å²) in [4.78, 5) is 16.0. The van der Waals surface area contributed by atoms with Crippen LogP contribution in [0.5, 0.6) is 5.75 Å². The van der Waals surface area contributed by atoms with Crippen molar-refractivity contribution in [1.82, 2.24) is 10.6 Å². The molecule has 0 heterocycles. The zero-order chi connectivity index (χ0) is 20.5. The number of nitrogens with zero attached hydrogens (tertiary/aromatic N) is 1. The van der Waals surface area contributed by atoms with Gasteiger partial charge in [-0.25, -0.2) is 0 Å². The number of amides is 1. The number of aryl methyl sites for hydroxylation is 1. The topological polar surface area (TPSA) is 74.8 Å². The first-order valence-electron chi connectivity index (χ1n) is 9.40. The van der Waals surface area contributed by atoms with E-state index < -0.39 is 0 Å². The summed E-state index contributed by atoms with van der Waals surface area (Å²) in [5, 5.41) is 9.49. The van der Waals surface area contributed by atoms with E-state index in [1.807, 2.05) is 51.1 Å². The van der Waals surface area contributed by atoms with Gasteiger partial charge in [0.1, 0.15) is 5.75 Å². The fourth-order valence-electron chi connectivity index (χ4n) is 2.58. The van der Waals surface area contributed by atoms with Gasteiger partial charge in [0.25, 0.3) is 0 Å². The van der Waals surface area contributed by atoms with Crippen LogP contribution in [0.25, 0.3) is 0 Å². The van der Waals surface area contributed by atoms with Crippen LogP contribution in [0.3, 0.4) is 0 Å². The van der Waals surface area contributed by atoms with Crippen molar-refractivity contribution in [2.24, 2.45) is 10.9 Å². The molecule has 0 aliphatic carbocycles. The highest BCUT2D eigenvalue weighted by atomic mass is 16.5. The fourth-order valence-corrected chi connectivity index (χ4v) is 2.58. The second-order valence-electron chi connectivity index (χ2n) is 6.94. The number of guanidine groups is 1. The molecule has 1 amide bonds. The number of methoxy groups -OCH3 is 1. The quantitative estimate of drug-likeness (QED) is 0.506. The maximum Gasteiger partial charge on any atom is 0.226 e. The summed E-state index contributed by atoms with van der Waals surface area (Å²) in [5.41, 5.74) is 4.13. The average molecular weight is 383 g/mol. The van der Waals surface area contributed by atoms with Gasteiger partial charge in [-0.2, -0.15) is 0 Å². The maximum atomic E-state index is 11.7. The summed E-state index contributed by atoms with van der Waals surface area (Å²) >= 11 is 0. The number of benzene rings is 2. The summed E-state index contributed by atoms with van der Waals surface area (Å²) in [6.45, 7) is 7.03. The van der Waals surface area contributed by atoms with E-state index >= 15 is 0 Å². The Bertz CT molecular complexity index is 814. The molecule has 2 aromatic carbocycles. The molecule has 0 unspecified atom stereocenters. The third-order valence-electron chi connectivity index (χ3n) is 4.32. The zero-order valence-corrected chi connectivity index (χ0v) is 17.3. The molecule has 3 N–H and O–H groups in total. The van der Waals surface area contributed by atoms with Gasteiger partial charge in [0.15, 0.2) is 5.96 Å². The first kappa shape index (κ1) is 21.3. The lowest BCUT2D eigenvalue weighted by Gasteiger charge is -2.14. The Hall–Kier alpha value is -3.02. The Morgan fingerprint density at radius 2 is 1.75 bits per heavy atom. The van der Waals surface area contributed by atoms with Gasteiger partial charge in [-0.3, -0.25) is 9.79 Å². The number of carbonyl (C=O) groups excluding carboxylic acids is 1. The minimum Gasteiger partial charge on any atom is -0.496 e. The number of carbonyl (C=O) groups is 1. The molecular formula is C22H30N4O2. The SMILES string of the molecule is CN=C(NCc1ccc(NC(=O)C(C)C)cc1)NCc1ccc(C)cc1OC. The molecule has 0 radical (unpaired) electrons. The highest BCUT2D eigenvalue weighted by Gasteiger charge is 2.07. The molecule has 28 heavy (non-hydrogen) atoms. The van der Waals surface area contributed by atoms with Gasteiger partial charge < -0.3 is 20.7 Å². The Morgan fingerprint density at radius 1 is 1.07 bits per heavy atom. The smallest absolute Gasteiger partial charge is 0.226 e. The molecule has 2 rings (SSSR count). The number of hydrogen-bond acceptors (Lipinski definition) is 3. The number of rotatable bonds is 7. The average Bonchev–Trinajstić information content (AvgIpc) is 2.69. The predicted molar refractivity (Wildman–Crippen MR) is 115 cm³/mol. The van der Waals surface area contributed by atoms with Gasteiger partial charge in [0.2, 0.25) is 5.91 Å². The molecule has 0 bridgehead atoms. The Morgan fingerprint density at radius 3 is 2.36 bits per heavy atom. The van der Waals surface area contributed by atoms with Gasteiger partial charge >= 0.3 is 0 Å². The van der Waals surface area contributed by atoms with Crippen LogP contribution in [0, 0.1) is 12.8 Å². The van der Waals surface area contributed by atoms with E-state index in [0.29, 0.717) is 19.0 Å². The van der Waals surface area contributed by atoms with E-state index in [0.717, 1.165) is 28.1 Å². The van der Waals surface area contributed by atoms with Crippen molar-refractivity contribution in [1.29, 1.82) is 0 Å². The van der Waals surface area contributed by atoms with Crippen LogP contribution in [0.4, 0.5) is 5.69 Å². The Balaban J connectivity index is 1.88. The van der Waals surface area contributed by atoms with Crippen molar-refractivity contribution in [3.05, 3.63) is 59.2 Å². The summed E-state index contributed by atoms with van der Waals surface area (Å²) < 4.78 is 5.44. The van der Waals surface area contributed by atoms with Crippen LogP contribution in [0.2, 0.25) is 0 Å². The first-order valence-corrected chi connectivity index (χ1v) is 9.40. The standard InChI is InChI=1S/C22H30N4O2/c1-15(2)21(27)26-19-10-7-17(8-11-19)13-24-22(23-4)25-14-18-9-6-16(3)12-20(18)28-5/h6-12,15H,13-14H2,1-5H3,(H,26,27)(H2,23,24,25). The van der Waals surface area contributed by atoms with Crippen LogP contribution >= 0.6 is 0 Å². The number of anilines is 1. The highest BCUT2D eigenvalue weighted by molar-refractivity contribution is 5.92. The van der Waals surface area contributed by atoms with Gasteiger partial charge in [-0.1, -0.05) is 38.1 Å². The van der Waals surface area contributed by atoms with Gasteiger partial charge in [-0.05, 0) is 36.2 Å². The molecule has 6 nitrogen and oxygen atoms in total. The Kier molecular flexibility index (Phi) is 7.87. The van der Waals surface area contributed by atoms with E-state index in [1.54, 1.807) is 14.2 Å². The molecule has 0 spiro atoms. The van der Waals surface area contributed by atoms with Crippen molar-refractivity contribution in [2.75, 3.05) is 19.5 Å². The Labute approximate surface area is 167 Å². The molecule has 0 atom stereocenters. The van der Waals surface area contributed by atoms with Crippen LogP contribution in [-0.2, 0) is 17.9 Å². The molecule has 150 valence electrons. The van der Waals surface area contributed by atoms with Crippen molar-refractivity contribution >= 4 is 17.6 Å². The summed E-state index contributed by atoms with van der Waals surface area (Å²) in [7, 11) is 3.42. The summed E-state index contributed by atoms with van der Waals surface area (Å²) in [6, 6.07) is 13.9. The van der Waals surface area contributed by atoms with Crippen molar-refractivity contribution in [2.45, 2.75) is 33.9 Å². The fraction of sp³-hybridized carbons (Fsp3) is 0.364. The minimum atomic E-state index is -0.0390. The second-order valence-corrected chi connectivity index (χ2v) is 6.94. The molecule has 0 fully saturated rings. The third-order valence-corrected chi connectivity index (χ3v) is 4.32. The van der Waals surface area contributed by atoms with Gasteiger partial charge in [-0.15, -0.1) is 0 Å². The molecule has 0 saturated carbocycles. The minimum absolute atomic E-state index is 0.0158. The third kappa shape index (κ3) is 6.30. The molecule has 0 aromatic heterocycles. The summed E-state index contributed by atoms with van der Waals surface area (Å²) in [5.74, 6) is 1.55. The molecule has 6 heteroatoms. The lowest BCUT2D eigenvalue weighted by atomic mass is 10.1. The molecule has 0 saturated heterocycles. The summed E-state index contributed by atoms with van der Waals surface area (Å²) in [6.07, 6.45) is 0. The van der Waals surface area contributed by atoms with Crippen molar-refractivity contribution in [3.63, 3.8) is 0 Å². The molecule has 2 aromatic rings. The number of nitrogens with one attached hydrogen (secondary N) is 3. The maximum absolute atomic E-state index is 11.7. The normalized spacial score (nSPS) is 11.3. The number of hydrogen-bond donors (Lipinski definition) is 3. The highest BCUT2D eigenvalue weighted by Crippen LogP contribution is 2.19. The second kappa shape index (κ2) is 10.3. The van der Waals surface area contributed by atoms with Crippen LogP contribution < -0.4 is 20.7 Å². The van der Waals surface area contributed by atoms with Crippen LogP contribution in [0.15, 0.2) is 47.5 Å². The van der Waals surface area contributed by atoms with Gasteiger partial charge in [0.05, 0.1) is 7.11 Å². The van der Waals surface area contributed by atoms with E-state index in [2.05, 4.69) is 33.1 Å². The number of ether oxygens (including phenoxy) is 1. The zero-order valence-electron chi connectivity index (χ0n) is 17.3. The predicted octanol–water partition coefficient (Wildman–Crippen LogP) is 3.46. The number of aliphatic imine (C=N–C) groups is 1. The van der Waals surface area contributed by atoms with E-state index in [9.17, 15) is 4.79 Å². The molecule has 0 aliphatic rings. The monoisotopic (exact) mass is 382 g/mol. The molecule has 0 aliphatic heterocycles.